The van der Waals surface area contributed by atoms with Crippen LogP contribution in [-0.4, -0.2) is 29.0 Å². The van der Waals surface area contributed by atoms with E-state index in [2.05, 4.69) is 10.3 Å². The maximum absolute atomic E-state index is 12.6. The summed E-state index contributed by atoms with van der Waals surface area (Å²) in [4.78, 5) is 29.9. The van der Waals surface area contributed by atoms with Crippen LogP contribution in [0.2, 0.25) is 0 Å². The quantitative estimate of drug-likeness (QED) is 0.444. The third kappa shape index (κ3) is 5.20. The molecule has 142 valence electrons. The predicted molar refractivity (Wildman–Crippen MR) is 111 cm³/mol. The van der Waals surface area contributed by atoms with Crippen molar-refractivity contribution >= 4 is 29.3 Å². The normalized spacial score (nSPS) is 10.3. The number of hydrogen-bond acceptors (Lipinski definition) is 5. The molecule has 0 bridgehead atoms. The second-order valence-electron chi connectivity index (χ2n) is 5.84. The highest BCUT2D eigenvalue weighted by Crippen LogP contribution is 2.23. The summed E-state index contributed by atoms with van der Waals surface area (Å²) in [5.74, 6) is 0.986. The van der Waals surface area contributed by atoms with Crippen LogP contribution >= 0.6 is 11.8 Å². The molecule has 0 saturated heterocycles. The summed E-state index contributed by atoms with van der Waals surface area (Å²) in [5, 5.41) is 2.78. The number of anilines is 1. The van der Waals surface area contributed by atoms with Crippen LogP contribution in [0.25, 0.3) is 0 Å². The Hall–Kier alpha value is -3.12. The van der Waals surface area contributed by atoms with Crippen LogP contribution in [-0.2, 0) is 0 Å². The van der Waals surface area contributed by atoms with E-state index < -0.39 is 0 Å². The van der Waals surface area contributed by atoms with Crippen LogP contribution in [0.15, 0.2) is 77.8 Å². The van der Waals surface area contributed by atoms with Gasteiger partial charge in [0.25, 0.3) is 5.91 Å². The smallest absolute Gasteiger partial charge is 0.256 e. The first-order valence-corrected chi connectivity index (χ1v) is 9.86. The first-order chi connectivity index (χ1) is 13.7. The zero-order chi connectivity index (χ0) is 19.8. The molecule has 1 amide bonds. The van der Waals surface area contributed by atoms with Crippen molar-refractivity contribution in [3.63, 3.8) is 0 Å². The van der Waals surface area contributed by atoms with Crippen molar-refractivity contribution in [2.24, 2.45) is 0 Å². The van der Waals surface area contributed by atoms with Gasteiger partial charge in [-0.15, -0.1) is 11.8 Å². The SMILES string of the molecule is CCOc1cccnc1NC(=O)c1cccc(SCC(=O)c2ccccc2)c1. The van der Waals surface area contributed by atoms with Gasteiger partial charge < -0.3 is 10.1 Å². The molecule has 1 N–H and O–H groups in total. The number of hydrogen-bond donors (Lipinski definition) is 1. The second kappa shape index (κ2) is 9.71. The molecule has 0 spiro atoms. The van der Waals surface area contributed by atoms with Crippen LogP contribution in [0, 0.1) is 0 Å². The van der Waals surface area contributed by atoms with E-state index in [-0.39, 0.29) is 11.7 Å². The lowest BCUT2D eigenvalue weighted by Gasteiger charge is -2.10. The Morgan fingerprint density at radius 2 is 1.79 bits per heavy atom. The number of nitrogens with one attached hydrogen (secondary N) is 1. The second-order valence-corrected chi connectivity index (χ2v) is 6.89. The highest BCUT2D eigenvalue weighted by molar-refractivity contribution is 8.00. The molecular formula is C22H20N2O3S. The Labute approximate surface area is 168 Å². The number of Topliss-reactive ketones (excluding diaryl/α,β-unsaturated/α-hetero) is 1. The Balaban J connectivity index is 1.66. The standard InChI is InChI=1S/C22H20N2O3S/c1-2-27-20-12-7-13-23-21(20)24-22(26)17-10-6-11-18(14-17)28-15-19(25)16-8-4-3-5-9-16/h3-14H,2,15H2,1H3,(H,23,24,26). The summed E-state index contributed by atoms with van der Waals surface area (Å²) < 4.78 is 5.49. The molecule has 3 rings (SSSR count). The van der Waals surface area contributed by atoms with E-state index in [9.17, 15) is 9.59 Å². The summed E-state index contributed by atoms with van der Waals surface area (Å²) >= 11 is 1.40. The minimum atomic E-state index is -0.281. The molecule has 5 nitrogen and oxygen atoms in total. The average Bonchev–Trinajstić information content (AvgIpc) is 2.74. The van der Waals surface area contributed by atoms with E-state index in [1.807, 2.05) is 31.2 Å². The molecule has 0 fully saturated rings. The van der Waals surface area contributed by atoms with E-state index in [0.717, 1.165) is 4.90 Å². The van der Waals surface area contributed by atoms with Crippen LogP contribution in [0.5, 0.6) is 5.75 Å². The van der Waals surface area contributed by atoms with Crippen molar-refractivity contribution in [2.45, 2.75) is 11.8 Å². The lowest BCUT2D eigenvalue weighted by Crippen LogP contribution is -2.14. The molecule has 28 heavy (non-hydrogen) atoms. The Bertz CT molecular complexity index is 961. The van der Waals surface area contributed by atoms with Crippen LogP contribution < -0.4 is 10.1 Å². The Morgan fingerprint density at radius 3 is 2.57 bits per heavy atom. The third-order valence-corrected chi connectivity index (χ3v) is 4.86. The third-order valence-electron chi connectivity index (χ3n) is 3.86. The summed E-state index contributed by atoms with van der Waals surface area (Å²) in [6, 6.07) is 19.8. The number of amides is 1. The number of benzene rings is 2. The van der Waals surface area contributed by atoms with E-state index in [1.54, 1.807) is 48.7 Å². The van der Waals surface area contributed by atoms with Crippen molar-refractivity contribution < 1.29 is 14.3 Å². The number of ketones is 1. The van der Waals surface area contributed by atoms with Crippen molar-refractivity contribution in [3.05, 3.63) is 84.1 Å². The molecule has 1 heterocycles. The molecule has 1 aromatic heterocycles. The zero-order valence-corrected chi connectivity index (χ0v) is 16.2. The van der Waals surface area contributed by atoms with Crippen LogP contribution in [0.4, 0.5) is 5.82 Å². The molecule has 0 saturated carbocycles. The number of pyridine rings is 1. The fourth-order valence-electron chi connectivity index (χ4n) is 2.52. The molecule has 0 aliphatic heterocycles. The van der Waals surface area contributed by atoms with Crippen LogP contribution in [0.3, 0.4) is 0 Å². The molecule has 0 radical (unpaired) electrons. The Morgan fingerprint density at radius 1 is 1.00 bits per heavy atom. The van der Waals surface area contributed by atoms with Gasteiger partial charge in [-0.2, -0.15) is 0 Å². The fourth-order valence-corrected chi connectivity index (χ4v) is 3.37. The van der Waals surface area contributed by atoms with E-state index in [0.29, 0.717) is 35.1 Å². The highest BCUT2D eigenvalue weighted by atomic mass is 32.2. The maximum atomic E-state index is 12.6. The number of nitrogens with zero attached hydrogens (tertiary/aromatic N) is 1. The molecular weight excluding hydrogens is 372 g/mol. The Kier molecular flexibility index (Phi) is 6.81. The number of aromatic nitrogens is 1. The van der Waals surface area contributed by atoms with Gasteiger partial charge in [0.15, 0.2) is 17.4 Å². The van der Waals surface area contributed by atoms with Crippen molar-refractivity contribution in [1.29, 1.82) is 0 Å². The van der Waals surface area contributed by atoms with E-state index in [4.69, 9.17) is 4.74 Å². The minimum absolute atomic E-state index is 0.0512. The average molecular weight is 392 g/mol. The van der Waals surface area contributed by atoms with Gasteiger partial charge in [-0.25, -0.2) is 4.98 Å². The number of thioether (sulfide) groups is 1. The molecule has 3 aromatic rings. The largest absolute Gasteiger partial charge is 0.490 e. The van der Waals surface area contributed by atoms with E-state index in [1.165, 1.54) is 11.8 Å². The molecule has 0 unspecified atom stereocenters. The number of ether oxygens (including phenoxy) is 1. The number of carbonyl (C=O) groups excluding carboxylic acids is 2. The summed E-state index contributed by atoms with van der Waals surface area (Å²) in [7, 11) is 0. The van der Waals surface area contributed by atoms with Gasteiger partial charge in [-0.1, -0.05) is 36.4 Å². The van der Waals surface area contributed by atoms with Gasteiger partial charge in [0.2, 0.25) is 0 Å². The van der Waals surface area contributed by atoms with Gasteiger partial charge in [0.1, 0.15) is 0 Å². The van der Waals surface area contributed by atoms with Gasteiger partial charge in [-0.3, -0.25) is 9.59 Å². The summed E-state index contributed by atoms with van der Waals surface area (Å²) in [6.45, 7) is 2.35. The van der Waals surface area contributed by atoms with Crippen molar-refractivity contribution in [2.75, 3.05) is 17.7 Å². The summed E-state index contributed by atoms with van der Waals surface area (Å²) in [5.41, 5.74) is 1.17. The van der Waals surface area contributed by atoms with Gasteiger partial charge >= 0.3 is 0 Å². The topological polar surface area (TPSA) is 68.3 Å². The lowest BCUT2D eigenvalue weighted by atomic mass is 10.2. The molecule has 2 aromatic carbocycles. The fraction of sp³-hybridized carbons (Fsp3) is 0.136. The van der Waals surface area contributed by atoms with Crippen molar-refractivity contribution in [1.82, 2.24) is 4.98 Å². The maximum Gasteiger partial charge on any atom is 0.256 e. The predicted octanol–water partition coefficient (Wildman–Crippen LogP) is 4.71. The zero-order valence-electron chi connectivity index (χ0n) is 15.4. The van der Waals surface area contributed by atoms with Gasteiger partial charge in [-0.05, 0) is 37.3 Å². The first kappa shape index (κ1) is 19.6. The number of carbonyl (C=O) groups is 2. The molecule has 0 aliphatic rings. The first-order valence-electron chi connectivity index (χ1n) is 8.87. The van der Waals surface area contributed by atoms with Crippen LogP contribution in [0.1, 0.15) is 27.6 Å². The summed E-state index contributed by atoms with van der Waals surface area (Å²) in [6.07, 6.45) is 1.60. The van der Waals surface area contributed by atoms with Crippen molar-refractivity contribution in [3.8, 4) is 5.75 Å². The molecule has 0 atom stereocenters. The molecule has 0 aliphatic carbocycles. The molecule has 6 heteroatoms. The van der Waals surface area contributed by atoms with Gasteiger partial charge in [0, 0.05) is 22.2 Å². The number of rotatable bonds is 8. The van der Waals surface area contributed by atoms with E-state index >= 15 is 0 Å². The highest BCUT2D eigenvalue weighted by Gasteiger charge is 2.12. The van der Waals surface area contributed by atoms with Gasteiger partial charge in [0.05, 0.1) is 12.4 Å². The monoisotopic (exact) mass is 392 g/mol. The minimum Gasteiger partial charge on any atom is -0.490 e. The lowest BCUT2D eigenvalue weighted by molar-refractivity contribution is 0.101.